The number of carbonyl (C=O) groups is 1. The fourth-order valence-electron chi connectivity index (χ4n) is 5.84. The van der Waals surface area contributed by atoms with Gasteiger partial charge in [-0.2, -0.15) is 0 Å². The largest absolute Gasteiger partial charge is 0.479 e. The third kappa shape index (κ3) is 5.11. The molecule has 0 aliphatic heterocycles. The summed E-state index contributed by atoms with van der Waals surface area (Å²) in [7, 11) is 5.28. The first-order valence-corrected chi connectivity index (χ1v) is 14.5. The zero-order chi connectivity index (χ0) is 29.4. The smallest absolute Gasteiger partial charge is 0.329 e. The second-order valence-corrected chi connectivity index (χ2v) is 11.1. The predicted octanol–water partition coefficient (Wildman–Crippen LogP) is 5.25. The minimum Gasteiger partial charge on any atom is -0.479 e. The molecular weight excluding hydrogens is 518 g/mol. The van der Waals surface area contributed by atoms with Crippen molar-refractivity contribution in [3.63, 3.8) is 0 Å². The van der Waals surface area contributed by atoms with Crippen LogP contribution in [0.1, 0.15) is 71.4 Å². The van der Waals surface area contributed by atoms with Crippen LogP contribution in [0.25, 0.3) is 38.9 Å². The molecule has 0 radical (unpaired) electrons. The molecule has 0 aromatic carbocycles. The number of amides is 1. The zero-order valence-corrected chi connectivity index (χ0v) is 25.1. The van der Waals surface area contributed by atoms with Crippen LogP contribution in [0.2, 0.25) is 0 Å². The molecule has 0 bridgehead atoms. The Morgan fingerprint density at radius 1 is 1.27 bits per heavy atom. The molecule has 2 unspecified atom stereocenters. The zero-order valence-electron chi connectivity index (χ0n) is 25.1. The molecule has 1 aliphatic carbocycles. The van der Waals surface area contributed by atoms with Crippen LogP contribution in [0.5, 0.6) is 5.88 Å². The quantitative estimate of drug-likeness (QED) is 0.244. The van der Waals surface area contributed by atoms with Crippen LogP contribution in [0.15, 0.2) is 35.4 Å². The van der Waals surface area contributed by atoms with E-state index in [-0.39, 0.29) is 29.6 Å². The lowest BCUT2D eigenvalue weighted by molar-refractivity contribution is -0.122. The number of nitrogens with one attached hydrogen (secondary N) is 2. The molecule has 2 atom stereocenters. The Kier molecular flexibility index (Phi) is 7.93. The Balaban J connectivity index is 1.71. The number of carbonyl (C=O) groups excluding carboxylic acids is 1. The molecule has 4 aromatic rings. The van der Waals surface area contributed by atoms with Gasteiger partial charge in [0.25, 0.3) is 0 Å². The number of aromatic nitrogens is 6. The number of fused-ring (bicyclic) bond motifs is 3. The lowest BCUT2D eigenvalue weighted by Crippen LogP contribution is -2.34. The highest BCUT2D eigenvalue weighted by atomic mass is 16.5. The summed E-state index contributed by atoms with van der Waals surface area (Å²) in [5, 5.41) is 8.54. The molecule has 4 aromatic heterocycles. The summed E-state index contributed by atoms with van der Waals surface area (Å²) in [6, 6.07) is -0.00622. The fraction of sp³-hybridized carbons (Fsp3) is 0.484. The number of nitrogens with zero attached hydrogens (tertiary/aromatic N) is 5. The Morgan fingerprint density at radius 2 is 2.02 bits per heavy atom. The lowest BCUT2D eigenvalue weighted by atomic mass is 9.98. The highest BCUT2D eigenvalue weighted by Crippen LogP contribution is 2.42. The third-order valence-electron chi connectivity index (χ3n) is 8.18. The van der Waals surface area contributed by atoms with E-state index < -0.39 is 0 Å². The summed E-state index contributed by atoms with van der Waals surface area (Å²) < 4.78 is 11.0. The minimum absolute atomic E-state index is 0.0429. The Morgan fingerprint density at radius 3 is 2.66 bits per heavy atom. The highest BCUT2D eigenvalue weighted by Gasteiger charge is 2.31. The van der Waals surface area contributed by atoms with Crippen LogP contribution in [0.3, 0.4) is 0 Å². The van der Waals surface area contributed by atoms with Gasteiger partial charge in [0.1, 0.15) is 5.65 Å². The molecule has 1 aliphatic rings. The number of aryl methyl sites for hydroxylation is 2. The summed E-state index contributed by atoms with van der Waals surface area (Å²) in [6.07, 6.45) is 14.1. The maximum absolute atomic E-state index is 13.9. The van der Waals surface area contributed by atoms with Gasteiger partial charge in [-0.1, -0.05) is 25.2 Å². The number of hydrogen-bond acceptors (Lipinski definition) is 5. The van der Waals surface area contributed by atoms with E-state index in [1.165, 1.54) is 0 Å². The van der Waals surface area contributed by atoms with Gasteiger partial charge in [-0.3, -0.25) is 18.6 Å². The van der Waals surface area contributed by atoms with E-state index in [1.54, 1.807) is 29.6 Å². The van der Waals surface area contributed by atoms with Gasteiger partial charge in [0.2, 0.25) is 11.8 Å². The summed E-state index contributed by atoms with van der Waals surface area (Å²) in [4.78, 5) is 34.5. The molecule has 1 saturated carbocycles. The number of allylic oxidation sites excluding steroid dienone is 4. The SMILES string of the molecule is C/C=C\C(=C/C)c1c(-c2cn(C)nc2OC)[nH]c2ncc3c(c12)n(C(CC)CCC(C)NC(=O)C1CC1)c(=O)n3C. The van der Waals surface area contributed by atoms with E-state index in [0.717, 1.165) is 70.9 Å². The van der Waals surface area contributed by atoms with Crippen LogP contribution >= 0.6 is 0 Å². The molecule has 218 valence electrons. The van der Waals surface area contributed by atoms with Gasteiger partial charge in [-0.25, -0.2) is 9.78 Å². The molecule has 10 nitrogen and oxygen atoms in total. The van der Waals surface area contributed by atoms with Crippen molar-refractivity contribution in [2.24, 2.45) is 20.0 Å². The first-order valence-electron chi connectivity index (χ1n) is 14.5. The minimum atomic E-state index is -0.0726. The van der Waals surface area contributed by atoms with Gasteiger partial charge in [0.05, 0.1) is 41.0 Å². The van der Waals surface area contributed by atoms with Crippen molar-refractivity contribution in [3.8, 4) is 17.1 Å². The van der Waals surface area contributed by atoms with E-state index >= 15 is 0 Å². The number of pyridine rings is 1. The summed E-state index contributed by atoms with van der Waals surface area (Å²) >= 11 is 0. The molecule has 1 amide bonds. The normalized spacial score (nSPS) is 15.7. The monoisotopic (exact) mass is 559 g/mol. The average Bonchev–Trinajstić information content (AvgIpc) is 3.58. The summed E-state index contributed by atoms with van der Waals surface area (Å²) in [6.45, 7) is 8.17. The second-order valence-electron chi connectivity index (χ2n) is 11.1. The van der Waals surface area contributed by atoms with Crippen molar-refractivity contribution >= 4 is 33.5 Å². The van der Waals surface area contributed by atoms with Gasteiger partial charge < -0.3 is 15.0 Å². The summed E-state index contributed by atoms with van der Waals surface area (Å²) in [5.41, 5.74) is 5.85. The molecule has 0 saturated heterocycles. The maximum Gasteiger partial charge on any atom is 0.329 e. The van der Waals surface area contributed by atoms with E-state index in [4.69, 9.17) is 9.72 Å². The van der Waals surface area contributed by atoms with Crippen LogP contribution in [-0.4, -0.2) is 47.9 Å². The standard InChI is InChI=1S/C31H41N7O3/c1-8-11-19(9-2)24-25-27-23(16-32-28(25)34-26(24)22-17-36(5)35-30(22)41-7)37(6)31(40)38(27)21(10-3)15-12-18(4)33-29(39)20-13-14-20/h8-9,11,16-18,20-21H,10,12-15H2,1-7H3,(H,32,34)(H,33,39)/b11-8-,19-9+. The van der Waals surface area contributed by atoms with Gasteiger partial charge in [0.15, 0.2) is 0 Å². The maximum atomic E-state index is 13.9. The van der Waals surface area contributed by atoms with E-state index in [0.29, 0.717) is 11.5 Å². The predicted molar refractivity (Wildman–Crippen MR) is 163 cm³/mol. The number of imidazole rings is 1. The molecule has 0 spiro atoms. The molecular formula is C31H41N7O3. The first kappa shape index (κ1) is 28.4. The van der Waals surface area contributed by atoms with Crippen LogP contribution in [-0.2, 0) is 18.9 Å². The number of rotatable bonds is 11. The third-order valence-corrected chi connectivity index (χ3v) is 8.18. The summed E-state index contributed by atoms with van der Waals surface area (Å²) in [5.74, 6) is 0.837. The number of hydrogen-bond donors (Lipinski definition) is 2. The number of aromatic amines is 1. The Bertz CT molecular complexity index is 1710. The topological polar surface area (TPSA) is 112 Å². The van der Waals surface area contributed by atoms with Crippen molar-refractivity contribution in [2.45, 2.75) is 71.9 Å². The Hall–Kier alpha value is -4.08. The molecule has 4 heterocycles. The molecule has 5 rings (SSSR count). The van der Waals surface area contributed by atoms with E-state index in [1.807, 2.05) is 44.7 Å². The van der Waals surface area contributed by atoms with Gasteiger partial charge in [0, 0.05) is 43.9 Å². The molecule has 10 heteroatoms. The molecule has 1 fully saturated rings. The van der Waals surface area contributed by atoms with Crippen molar-refractivity contribution < 1.29 is 9.53 Å². The van der Waals surface area contributed by atoms with Crippen molar-refractivity contribution in [1.29, 1.82) is 0 Å². The van der Waals surface area contributed by atoms with Crippen molar-refractivity contribution in [1.82, 2.24) is 34.2 Å². The lowest BCUT2D eigenvalue weighted by Gasteiger charge is -2.21. The van der Waals surface area contributed by atoms with Crippen molar-refractivity contribution in [2.75, 3.05) is 7.11 Å². The number of ether oxygens (including phenoxy) is 1. The highest BCUT2D eigenvalue weighted by molar-refractivity contribution is 6.12. The second kappa shape index (κ2) is 11.4. The van der Waals surface area contributed by atoms with Gasteiger partial charge >= 0.3 is 5.69 Å². The number of methoxy groups -OCH3 is 1. The fourth-order valence-corrected chi connectivity index (χ4v) is 5.84. The Labute approximate surface area is 240 Å². The molecule has 2 N–H and O–H groups in total. The first-order chi connectivity index (χ1) is 19.7. The van der Waals surface area contributed by atoms with Gasteiger partial charge in [-0.05, 0) is 58.4 Å². The number of H-pyrrole nitrogens is 1. The van der Waals surface area contributed by atoms with Crippen LogP contribution in [0, 0.1) is 5.92 Å². The van der Waals surface area contributed by atoms with Crippen molar-refractivity contribution in [3.05, 3.63) is 46.7 Å². The van der Waals surface area contributed by atoms with E-state index in [9.17, 15) is 9.59 Å². The average molecular weight is 560 g/mol. The molecule has 41 heavy (non-hydrogen) atoms. The van der Waals surface area contributed by atoms with Gasteiger partial charge in [-0.15, -0.1) is 5.10 Å². The van der Waals surface area contributed by atoms with E-state index in [2.05, 4.69) is 34.5 Å². The van der Waals surface area contributed by atoms with Crippen LogP contribution < -0.4 is 15.7 Å². The van der Waals surface area contributed by atoms with Crippen LogP contribution in [0.4, 0.5) is 0 Å².